The van der Waals surface area contributed by atoms with Gasteiger partial charge in [-0.05, 0) is 37.2 Å². The fourth-order valence-corrected chi connectivity index (χ4v) is 1.98. The van der Waals surface area contributed by atoms with Crippen LogP contribution in [0, 0.1) is 18.6 Å². The first kappa shape index (κ1) is 12.7. The Labute approximate surface area is 105 Å². The predicted molar refractivity (Wildman–Crippen MR) is 68.4 cm³/mol. The third kappa shape index (κ3) is 2.57. The highest BCUT2D eigenvalue weighted by Crippen LogP contribution is 2.23. The lowest BCUT2D eigenvalue weighted by Gasteiger charge is -2.17. The van der Waals surface area contributed by atoms with E-state index in [-0.39, 0.29) is 6.04 Å². The standard InChI is InChI=1S/C15H15F2N/c1-10-3-5-11(6-4-10)15(18-2)12-7-8-13(16)14(17)9-12/h3-9,15,18H,1-2H3. The first-order valence-electron chi connectivity index (χ1n) is 5.80. The molecule has 1 unspecified atom stereocenters. The van der Waals surface area contributed by atoms with Gasteiger partial charge in [0, 0.05) is 0 Å². The number of rotatable bonds is 3. The van der Waals surface area contributed by atoms with Gasteiger partial charge in [0.15, 0.2) is 11.6 Å². The molecule has 0 bridgehead atoms. The van der Waals surface area contributed by atoms with Crippen LogP contribution in [0.5, 0.6) is 0 Å². The van der Waals surface area contributed by atoms with Crippen molar-refractivity contribution in [3.8, 4) is 0 Å². The Balaban J connectivity index is 2.38. The molecule has 0 saturated heterocycles. The van der Waals surface area contributed by atoms with Crippen molar-refractivity contribution >= 4 is 0 Å². The van der Waals surface area contributed by atoms with Gasteiger partial charge < -0.3 is 5.32 Å². The lowest BCUT2D eigenvalue weighted by molar-refractivity contribution is 0.505. The van der Waals surface area contributed by atoms with Crippen LogP contribution in [-0.2, 0) is 0 Å². The number of benzene rings is 2. The van der Waals surface area contributed by atoms with Crippen LogP contribution in [0.2, 0.25) is 0 Å². The van der Waals surface area contributed by atoms with E-state index in [1.54, 1.807) is 13.1 Å². The average Bonchev–Trinajstić information content (AvgIpc) is 2.37. The molecule has 2 aromatic rings. The highest BCUT2D eigenvalue weighted by molar-refractivity contribution is 5.33. The lowest BCUT2D eigenvalue weighted by atomic mass is 9.98. The molecule has 2 rings (SSSR count). The van der Waals surface area contributed by atoms with Crippen LogP contribution in [0.15, 0.2) is 42.5 Å². The highest BCUT2D eigenvalue weighted by Gasteiger charge is 2.13. The molecule has 1 N–H and O–H groups in total. The summed E-state index contributed by atoms with van der Waals surface area (Å²) < 4.78 is 26.2. The summed E-state index contributed by atoms with van der Waals surface area (Å²) in [7, 11) is 1.80. The zero-order chi connectivity index (χ0) is 13.1. The van der Waals surface area contributed by atoms with E-state index in [4.69, 9.17) is 0 Å². The van der Waals surface area contributed by atoms with Gasteiger partial charge in [0.2, 0.25) is 0 Å². The predicted octanol–water partition coefficient (Wildman–Crippen LogP) is 3.58. The molecule has 2 aromatic carbocycles. The minimum atomic E-state index is -0.822. The first-order chi connectivity index (χ1) is 8.61. The summed E-state index contributed by atoms with van der Waals surface area (Å²) in [6.45, 7) is 2.01. The lowest BCUT2D eigenvalue weighted by Crippen LogP contribution is -2.17. The van der Waals surface area contributed by atoms with E-state index in [1.165, 1.54) is 11.6 Å². The van der Waals surface area contributed by atoms with Crippen LogP contribution >= 0.6 is 0 Å². The van der Waals surface area contributed by atoms with Gasteiger partial charge in [-0.15, -0.1) is 0 Å². The second kappa shape index (κ2) is 5.27. The molecule has 3 heteroatoms. The van der Waals surface area contributed by atoms with E-state index in [2.05, 4.69) is 5.32 Å². The number of aryl methyl sites for hydroxylation is 1. The van der Waals surface area contributed by atoms with Crippen LogP contribution in [0.25, 0.3) is 0 Å². The Morgan fingerprint density at radius 3 is 2.06 bits per heavy atom. The number of nitrogens with one attached hydrogen (secondary N) is 1. The molecule has 0 amide bonds. The van der Waals surface area contributed by atoms with E-state index >= 15 is 0 Å². The molecule has 0 fully saturated rings. The Kier molecular flexibility index (Phi) is 3.72. The fraction of sp³-hybridized carbons (Fsp3) is 0.200. The molecule has 0 aliphatic rings. The molecule has 94 valence electrons. The van der Waals surface area contributed by atoms with E-state index in [0.29, 0.717) is 5.56 Å². The SMILES string of the molecule is CNC(c1ccc(C)cc1)c1ccc(F)c(F)c1. The van der Waals surface area contributed by atoms with Crippen molar-refractivity contribution in [2.24, 2.45) is 0 Å². The normalized spacial score (nSPS) is 12.4. The van der Waals surface area contributed by atoms with Crippen LogP contribution in [0.1, 0.15) is 22.7 Å². The number of halogens is 2. The van der Waals surface area contributed by atoms with E-state index in [1.807, 2.05) is 31.2 Å². The van der Waals surface area contributed by atoms with Gasteiger partial charge in [-0.3, -0.25) is 0 Å². The minimum Gasteiger partial charge on any atom is -0.309 e. The summed E-state index contributed by atoms with van der Waals surface area (Å²) in [5.74, 6) is -1.64. The van der Waals surface area contributed by atoms with Crippen molar-refractivity contribution in [2.75, 3.05) is 7.05 Å². The number of hydrogen-bond donors (Lipinski definition) is 1. The van der Waals surface area contributed by atoms with Gasteiger partial charge >= 0.3 is 0 Å². The Morgan fingerprint density at radius 1 is 0.889 bits per heavy atom. The summed E-state index contributed by atoms with van der Waals surface area (Å²) in [5.41, 5.74) is 2.90. The van der Waals surface area contributed by atoms with Crippen molar-refractivity contribution in [3.05, 3.63) is 70.8 Å². The third-order valence-corrected chi connectivity index (χ3v) is 2.98. The molecule has 0 spiro atoms. The van der Waals surface area contributed by atoms with Gasteiger partial charge in [-0.2, -0.15) is 0 Å². The summed E-state index contributed by atoms with van der Waals surface area (Å²) in [6, 6.07) is 11.8. The minimum absolute atomic E-state index is 0.138. The van der Waals surface area contributed by atoms with Gasteiger partial charge in [-0.25, -0.2) is 8.78 Å². The van der Waals surface area contributed by atoms with Gasteiger partial charge in [-0.1, -0.05) is 35.9 Å². The Hall–Kier alpha value is -1.74. The van der Waals surface area contributed by atoms with E-state index < -0.39 is 11.6 Å². The molecule has 0 heterocycles. The van der Waals surface area contributed by atoms with Crippen LogP contribution in [0.4, 0.5) is 8.78 Å². The molecule has 0 aromatic heterocycles. The molecule has 1 nitrogen and oxygen atoms in total. The Bertz CT molecular complexity index is 535. The van der Waals surface area contributed by atoms with Gasteiger partial charge in [0.05, 0.1) is 6.04 Å². The molecule has 0 aliphatic heterocycles. The van der Waals surface area contributed by atoms with Crippen molar-refractivity contribution in [2.45, 2.75) is 13.0 Å². The van der Waals surface area contributed by atoms with Crippen molar-refractivity contribution in [3.63, 3.8) is 0 Å². The van der Waals surface area contributed by atoms with Crippen molar-refractivity contribution in [1.82, 2.24) is 5.32 Å². The van der Waals surface area contributed by atoms with Gasteiger partial charge in [0.1, 0.15) is 0 Å². The molecule has 0 radical (unpaired) electrons. The molecule has 0 aliphatic carbocycles. The summed E-state index contributed by atoms with van der Waals surface area (Å²) in [6.07, 6.45) is 0. The van der Waals surface area contributed by atoms with Crippen LogP contribution < -0.4 is 5.32 Å². The van der Waals surface area contributed by atoms with E-state index in [9.17, 15) is 8.78 Å². The third-order valence-electron chi connectivity index (χ3n) is 2.98. The summed E-state index contributed by atoms with van der Waals surface area (Å²) in [5, 5.41) is 3.11. The smallest absolute Gasteiger partial charge is 0.159 e. The van der Waals surface area contributed by atoms with Crippen LogP contribution in [0.3, 0.4) is 0 Å². The molecule has 18 heavy (non-hydrogen) atoms. The Morgan fingerprint density at radius 2 is 1.50 bits per heavy atom. The zero-order valence-electron chi connectivity index (χ0n) is 10.4. The molecular weight excluding hydrogens is 232 g/mol. The molecule has 1 atom stereocenters. The second-order valence-corrected chi connectivity index (χ2v) is 4.31. The zero-order valence-corrected chi connectivity index (χ0v) is 10.4. The second-order valence-electron chi connectivity index (χ2n) is 4.31. The monoisotopic (exact) mass is 247 g/mol. The maximum atomic E-state index is 13.3. The highest BCUT2D eigenvalue weighted by atomic mass is 19.2. The largest absolute Gasteiger partial charge is 0.309 e. The van der Waals surface area contributed by atoms with Crippen molar-refractivity contribution < 1.29 is 8.78 Å². The van der Waals surface area contributed by atoms with Gasteiger partial charge in [0.25, 0.3) is 0 Å². The molecular formula is C15H15F2N. The number of hydrogen-bond acceptors (Lipinski definition) is 1. The van der Waals surface area contributed by atoms with Crippen molar-refractivity contribution in [1.29, 1.82) is 0 Å². The summed E-state index contributed by atoms with van der Waals surface area (Å²) in [4.78, 5) is 0. The summed E-state index contributed by atoms with van der Waals surface area (Å²) >= 11 is 0. The maximum absolute atomic E-state index is 13.3. The fourth-order valence-electron chi connectivity index (χ4n) is 1.98. The maximum Gasteiger partial charge on any atom is 0.159 e. The molecule has 0 saturated carbocycles. The van der Waals surface area contributed by atoms with Crippen LogP contribution in [-0.4, -0.2) is 7.05 Å². The topological polar surface area (TPSA) is 12.0 Å². The quantitative estimate of drug-likeness (QED) is 0.874. The van der Waals surface area contributed by atoms with E-state index in [0.717, 1.165) is 11.6 Å². The average molecular weight is 247 g/mol. The first-order valence-corrected chi connectivity index (χ1v) is 5.80.